The fourth-order valence-electron chi connectivity index (χ4n) is 3.09. The van der Waals surface area contributed by atoms with Gasteiger partial charge in [0, 0.05) is 29.9 Å². The number of rotatable bonds is 3. The molecule has 2 aromatic rings. The molecule has 1 N–H and O–H groups in total. The van der Waals surface area contributed by atoms with Gasteiger partial charge in [0.25, 0.3) is 5.91 Å². The number of anilines is 2. The highest BCUT2D eigenvalue weighted by atomic mass is 35.5. The van der Waals surface area contributed by atoms with Crippen molar-refractivity contribution in [2.24, 2.45) is 5.92 Å². The van der Waals surface area contributed by atoms with Crippen LogP contribution in [0, 0.1) is 19.8 Å². The third-order valence-electron chi connectivity index (χ3n) is 4.47. The summed E-state index contributed by atoms with van der Waals surface area (Å²) in [6, 6.07) is 7.23. The Hall–Kier alpha value is -2.14. The van der Waals surface area contributed by atoms with Crippen molar-refractivity contribution in [3.63, 3.8) is 0 Å². The number of piperidine rings is 1. The molecule has 1 saturated heterocycles. The fraction of sp³-hybridized carbons (Fsp3) is 0.421. The molecular weight excluding hydrogens is 336 g/mol. The van der Waals surface area contributed by atoms with Crippen LogP contribution in [-0.2, 0) is 0 Å². The van der Waals surface area contributed by atoms with Gasteiger partial charge in [-0.25, -0.2) is 9.97 Å². The van der Waals surface area contributed by atoms with Crippen LogP contribution in [0.2, 0.25) is 5.02 Å². The van der Waals surface area contributed by atoms with Gasteiger partial charge in [-0.2, -0.15) is 0 Å². The highest BCUT2D eigenvalue weighted by Crippen LogP contribution is 2.23. The zero-order chi connectivity index (χ0) is 18.0. The number of carbonyl (C=O) groups excluding carboxylic acids is 1. The van der Waals surface area contributed by atoms with Crippen molar-refractivity contribution in [3.05, 3.63) is 46.4 Å². The average molecular weight is 359 g/mol. The molecule has 0 aliphatic carbocycles. The van der Waals surface area contributed by atoms with E-state index in [9.17, 15) is 4.79 Å². The third-order valence-corrected chi connectivity index (χ3v) is 4.87. The zero-order valence-corrected chi connectivity index (χ0v) is 15.6. The number of nitrogens with zero attached hydrogens (tertiary/aromatic N) is 3. The van der Waals surface area contributed by atoms with Crippen LogP contribution in [0.1, 0.15) is 41.6 Å². The fourth-order valence-corrected chi connectivity index (χ4v) is 3.27. The van der Waals surface area contributed by atoms with Crippen molar-refractivity contribution in [2.75, 3.05) is 23.3 Å². The van der Waals surface area contributed by atoms with Gasteiger partial charge in [-0.3, -0.25) is 4.79 Å². The first-order chi connectivity index (χ1) is 11.9. The zero-order valence-electron chi connectivity index (χ0n) is 14.8. The van der Waals surface area contributed by atoms with Crippen molar-refractivity contribution < 1.29 is 4.79 Å². The Morgan fingerprint density at radius 2 is 2.08 bits per heavy atom. The van der Waals surface area contributed by atoms with Gasteiger partial charge in [-0.15, -0.1) is 0 Å². The van der Waals surface area contributed by atoms with E-state index < -0.39 is 0 Å². The van der Waals surface area contributed by atoms with Crippen molar-refractivity contribution in [1.29, 1.82) is 0 Å². The van der Waals surface area contributed by atoms with E-state index in [0.29, 0.717) is 28.1 Å². The molecule has 1 aromatic carbocycles. The second-order valence-electron chi connectivity index (χ2n) is 6.77. The van der Waals surface area contributed by atoms with Gasteiger partial charge < -0.3 is 10.2 Å². The van der Waals surface area contributed by atoms with E-state index in [2.05, 4.69) is 27.1 Å². The highest BCUT2D eigenvalue weighted by molar-refractivity contribution is 6.31. The number of halogens is 1. The van der Waals surface area contributed by atoms with E-state index in [1.165, 1.54) is 6.42 Å². The summed E-state index contributed by atoms with van der Waals surface area (Å²) in [5, 5.41) is 3.48. The summed E-state index contributed by atoms with van der Waals surface area (Å²) < 4.78 is 0. The maximum Gasteiger partial charge on any atom is 0.274 e. The molecule has 1 aliphatic heterocycles. The predicted octanol–water partition coefficient (Wildman–Crippen LogP) is 4.24. The van der Waals surface area contributed by atoms with Crippen molar-refractivity contribution >= 4 is 29.0 Å². The lowest BCUT2D eigenvalue weighted by molar-refractivity contribution is 0.102. The lowest BCUT2D eigenvalue weighted by Crippen LogP contribution is -2.35. The summed E-state index contributed by atoms with van der Waals surface area (Å²) in [4.78, 5) is 23.7. The molecule has 0 radical (unpaired) electrons. The Morgan fingerprint density at radius 3 is 2.80 bits per heavy atom. The minimum absolute atomic E-state index is 0.253. The molecule has 1 fully saturated rings. The minimum atomic E-state index is -0.253. The molecular formula is C19H23ClN4O. The predicted molar refractivity (Wildman–Crippen MR) is 102 cm³/mol. The highest BCUT2D eigenvalue weighted by Gasteiger charge is 2.20. The number of hydrogen-bond acceptors (Lipinski definition) is 4. The summed E-state index contributed by atoms with van der Waals surface area (Å²) in [5.41, 5.74) is 2.00. The standard InChI is InChI=1S/C19H23ClN4O/c1-12-5-4-8-24(11-12)18-10-17(21-14(3)22-18)19(25)23-15-7-6-13(2)16(20)9-15/h6-7,9-10,12H,4-5,8,11H2,1-3H3,(H,23,25). The van der Waals surface area contributed by atoms with Crippen molar-refractivity contribution in [1.82, 2.24) is 9.97 Å². The molecule has 25 heavy (non-hydrogen) atoms. The second kappa shape index (κ2) is 7.40. The Kier molecular flexibility index (Phi) is 5.23. The molecule has 0 spiro atoms. The molecule has 0 saturated carbocycles. The lowest BCUT2D eigenvalue weighted by Gasteiger charge is -2.32. The summed E-state index contributed by atoms with van der Waals surface area (Å²) in [5.74, 6) is 1.81. The Balaban J connectivity index is 1.81. The van der Waals surface area contributed by atoms with Crippen LogP contribution in [0.4, 0.5) is 11.5 Å². The molecule has 6 heteroatoms. The number of amides is 1. The van der Waals surface area contributed by atoms with Gasteiger partial charge in [0.05, 0.1) is 0 Å². The first-order valence-electron chi connectivity index (χ1n) is 8.60. The molecule has 1 aromatic heterocycles. The number of hydrogen-bond donors (Lipinski definition) is 1. The van der Waals surface area contributed by atoms with Gasteiger partial charge in [-0.05, 0) is 50.3 Å². The van der Waals surface area contributed by atoms with Gasteiger partial charge in [0.15, 0.2) is 0 Å². The molecule has 0 bridgehead atoms. The third kappa shape index (κ3) is 4.28. The minimum Gasteiger partial charge on any atom is -0.356 e. The number of benzene rings is 1. The van der Waals surface area contributed by atoms with Crippen LogP contribution in [0.15, 0.2) is 24.3 Å². The molecule has 3 rings (SSSR count). The van der Waals surface area contributed by atoms with Gasteiger partial charge in [0.1, 0.15) is 17.3 Å². The van der Waals surface area contributed by atoms with Crippen LogP contribution in [0.25, 0.3) is 0 Å². The largest absolute Gasteiger partial charge is 0.356 e. The monoisotopic (exact) mass is 358 g/mol. The van der Waals surface area contributed by atoms with E-state index in [-0.39, 0.29) is 5.91 Å². The number of aryl methyl sites for hydroxylation is 2. The maximum atomic E-state index is 12.6. The number of nitrogens with one attached hydrogen (secondary N) is 1. The first kappa shape index (κ1) is 17.7. The van der Waals surface area contributed by atoms with Crippen molar-refractivity contribution in [2.45, 2.75) is 33.6 Å². The van der Waals surface area contributed by atoms with Crippen molar-refractivity contribution in [3.8, 4) is 0 Å². The SMILES string of the molecule is Cc1nc(C(=O)Nc2ccc(C)c(Cl)c2)cc(N2CCCC(C)C2)n1. The quantitative estimate of drug-likeness (QED) is 0.891. The smallest absolute Gasteiger partial charge is 0.274 e. The summed E-state index contributed by atoms with van der Waals surface area (Å²) in [6.07, 6.45) is 2.38. The van der Waals surface area contributed by atoms with Gasteiger partial charge in [-0.1, -0.05) is 24.6 Å². The first-order valence-corrected chi connectivity index (χ1v) is 8.98. The van der Waals surface area contributed by atoms with Gasteiger partial charge >= 0.3 is 0 Å². The molecule has 1 atom stereocenters. The van der Waals surface area contributed by atoms with E-state index in [1.54, 1.807) is 12.1 Å². The normalized spacial score (nSPS) is 17.4. The molecule has 2 heterocycles. The number of aromatic nitrogens is 2. The maximum absolute atomic E-state index is 12.6. The average Bonchev–Trinajstić information content (AvgIpc) is 2.57. The molecule has 1 aliphatic rings. The number of carbonyl (C=O) groups is 1. The van der Waals surface area contributed by atoms with E-state index in [4.69, 9.17) is 11.6 Å². The molecule has 132 valence electrons. The van der Waals surface area contributed by atoms with Crippen LogP contribution >= 0.6 is 11.6 Å². The summed E-state index contributed by atoms with van der Waals surface area (Å²) >= 11 is 6.13. The summed E-state index contributed by atoms with van der Waals surface area (Å²) in [7, 11) is 0. The van der Waals surface area contributed by atoms with Gasteiger partial charge in [0.2, 0.25) is 0 Å². The van der Waals surface area contributed by atoms with E-state index >= 15 is 0 Å². The topological polar surface area (TPSA) is 58.1 Å². The molecule has 1 amide bonds. The second-order valence-corrected chi connectivity index (χ2v) is 7.18. The van der Waals surface area contributed by atoms with E-state index in [0.717, 1.165) is 30.9 Å². The Morgan fingerprint density at radius 1 is 1.28 bits per heavy atom. The van der Waals surface area contributed by atoms with E-state index in [1.807, 2.05) is 26.0 Å². The van der Waals surface area contributed by atoms with Crippen LogP contribution in [0.3, 0.4) is 0 Å². The van der Waals surface area contributed by atoms with Crippen LogP contribution in [-0.4, -0.2) is 29.0 Å². The molecule has 5 nitrogen and oxygen atoms in total. The lowest BCUT2D eigenvalue weighted by atomic mass is 10.0. The Labute approximate surface area is 153 Å². The van der Waals surface area contributed by atoms with Crippen LogP contribution in [0.5, 0.6) is 0 Å². The Bertz CT molecular complexity index is 793. The summed E-state index contributed by atoms with van der Waals surface area (Å²) in [6.45, 7) is 7.92. The molecule has 1 unspecified atom stereocenters. The van der Waals surface area contributed by atoms with Crippen LogP contribution < -0.4 is 10.2 Å².